The first-order chi connectivity index (χ1) is 6.24. The lowest BCUT2D eigenvalue weighted by Crippen LogP contribution is -2.29. The van der Waals surface area contributed by atoms with Gasteiger partial charge in [0.25, 0.3) is 0 Å². The van der Waals surface area contributed by atoms with Gasteiger partial charge < -0.3 is 10.4 Å². The molecule has 1 aromatic rings. The second-order valence-electron chi connectivity index (χ2n) is 3.32. The van der Waals surface area contributed by atoms with Crippen LogP contribution >= 0.6 is 11.3 Å². The van der Waals surface area contributed by atoms with E-state index in [1.807, 2.05) is 0 Å². The van der Waals surface area contributed by atoms with E-state index in [1.54, 1.807) is 11.3 Å². The summed E-state index contributed by atoms with van der Waals surface area (Å²) < 4.78 is 0. The molecule has 1 aromatic heterocycles. The lowest BCUT2D eigenvalue weighted by Gasteiger charge is -2.17. The highest BCUT2D eigenvalue weighted by atomic mass is 32.1. The molecule has 0 aliphatic carbocycles. The molecule has 0 spiro atoms. The fourth-order valence-corrected chi connectivity index (χ4v) is 2.07. The van der Waals surface area contributed by atoms with Crippen LogP contribution in [-0.4, -0.2) is 17.8 Å². The highest BCUT2D eigenvalue weighted by molar-refractivity contribution is 7.10. The maximum atomic E-state index is 8.74. The molecule has 2 atom stereocenters. The lowest BCUT2D eigenvalue weighted by molar-refractivity contribution is 0.265. The highest BCUT2D eigenvalue weighted by Crippen LogP contribution is 2.18. The van der Waals surface area contributed by atoms with Crippen LogP contribution in [0.5, 0.6) is 0 Å². The highest BCUT2D eigenvalue weighted by Gasteiger charge is 2.08. The third kappa shape index (κ3) is 3.46. The molecule has 0 aromatic carbocycles. The number of aliphatic hydroxyl groups is 1. The molecule has 2 unspecified atom stereocenters. The molecule has 0 saturated carbocycles. The van der Waals surface area contributed by atoms with E-state index < -0.39 is 0 Å². The third-order valence-electron chi connectivity index (χ3n) is 2.07. The van der Waals surface area contributed by atoms with Gasteiger partial charge in [-0.05, 0) is 31.7 Å². The molecular weight excluding hydrogens is 182 g/mol. The summed E-state index contributed by atoms with van der Waals surface area (Å²) in [4.78, 5) is 1.35. The average molecular weight is 199 g/mol. The molecule has 2 N–H and O–H groups in total. The summed E-state index contributed by atoms with van der Waals surface area (Å²) >= 11 is 1.77. The van der Waals surface area contributed by atoms with Crippen molar-refractivity contribution in [3.8, 4) is 0 Å². The molecule has 2 nitrogen and oxygen atoms in total. The monoisotopic (exact) mass is 199 g/mol. The Hall–Kier alpha value is -0.380. The van der Waals surface area contributed by atoms with E-state index in [-0.39, 0.29) is 6.61 Å². The van der Waals surface area contributed by atoms with Crippen LogP contribution < -0.4 is 5.32 Å². The van der Waals surface area contributed by atoms with Crippen molar-refractivity contribution in [3.05, 3.63) is 22.4 Å². The van der Waals surface area contributed by atoms with E-state index in [0.717, 1.165) is 6.42 Å². The van der Waals surface area contributed by atoms with Crippen LogP contribution in [0.3, 0.4) is 0 Å². The molecule has 74 valence electrons. The SMILES string of the molecule is CC(CCO)NC(C)c1cccs1. The van der Waals surface area contributed by atoms with Crippen LogP contribution in [0, 0.1) is 0 Å². The maximum Gasteiger partial charge on any atom is 0.0445 e. The van der Waals surface area contributed by atoms with Crippen LogP contribution in [0.25, 0.3) is 0 Å². The van der Waals surface area contributed by atoms with Crippen molar-refractivity contribution in [1.82, 2.24) is 5.32 Å². The lowest BCUT2D eigenvalue weighted by atomic mass is 10.2. The van der Waals surface area contributed by atoms with Gasteiger partial charge in [0.05, 0.1) is 0 Å². The quantitative estimate of drug-likeness (QED) is 0.761. The zero-order chi connectivity index (χ0) is 9.68. The number of nitrogens with one attached hydrogen (secondary N) is 1. The van der Waals surface area contributed by atoms with E-state index in [2.05, 4.69) is 36.7 Å². The van der Waals surface area contributed by atoms with Crippen LogP contribution in [-0.2, 0) is 0 Å². The van der Waals surface area contributed by atoms with Crippen molar-refractivity contribution in [2.45, 2.75) is 32.4 Å². The van der Waals surface area contributed by atoms with Crippen molar-refractivity contribution < 1.29 is 5.11 Å². The van der Waals surface area contributed by atoms with Gasteiger partial charge >= 0.3 is 0 Å². The summed E-state index contributed by atoms with van der Waals surface area (Å²) in [6.07, 6.45) is 0.815. The van der Waals surface area contributed by atoms with Crippen molar-refractivity contribution >= 4 is 11.3 Å². The van der Waals surface area contributed by atoms with Gasteiger partial charge in [-0.3, -0.25) is 0 Å². The van der Waals surface area contributed by atoms with Crippen LogP contribution in [0.2, 0.25) is 0 Å². The Morgan fingerprint density at radius 1 is 1.54 bits per heavy atom. The molecule has 0 fully saturated rings. The minimum atomic E-state index is 0.255. The molecule has 0 aliphatic heterocycles. The summed E-state index contributed by atoms with van der Waals surface area (Å²) in [5, 5.41) is 14.3. The Bertz CT molecular complexity index is 223. The number of thiophene rings is 1. The standard InChI is InChI=1S/C10H17NOS/c1-8(5-6-12)11-9(2)10-4-3-7-13-10/h3-4,7-9,11-12H,5-6H2,1-2H3. The van der Waals surface area contributed by atoms with Gasteiger partial charge in [-0.25, -0.2) is 0 Å². The summed E-state index contributed by atoms with van der Waals surface area (Å²) in [6.45, 7) is 4.51. The van der Waals surface area contributed by atoms with Gasteiger partial charge in [0.2, 0.25) is 0 Å². The number of hydrogen-bond donors (Lipinski definition) is 2. The van der Waals surface area contributed by atoms with Gasteiger partial charge in [0.15, 0.2) is 0 Å². The minimum absolute atomic E-state index is 0.255. The summed E-state index contributed by atoms with van der Waals surface area (Å²) in [5.41, 5.74) is 0. The van der Waals surface area contributed by atoms with Gasteiger partial charge in [0.1, 0.15) is 0 Å². The molecule has 0 saturated heterocycles. The largest absolute Gasteiger partial charge is 0.396 e. The molecule has 1 rings (SSSR count). The Morgan fingerprint density at radius 2 is 2.31 bits per heavy atom. The van der Waals surface area contributed by atoms with Gasteiger partial charge in [-0.2, -0.15) is 0 Å². The fourth-order valence-electron chi connectivity index (χ4n) is 1.32. The van der Waals surface area contributed by atoms with Crippen molar-refractivity contribution in [3.63, 3.8) is 0 Å². The number of hydrogen-bond acceptors (Lipinski definition) is 3. The zero-order valence-corrected chi connectivity index (χ0v) is 8.97. The first-order valence-corrected chi connectivity index (χ1v) is 5.52. The predicted molar refractivity (Wildman–Crippen MR) is 57.0 cm³/mol. The summed E-state index contributed by atoms with van der Waals surface area (Å²) in [6, 6.07) is 4.96. The van der Waals surface area contributed by atoms with Crippen molar-refractivity contribution in [2.75, 3.05) is 6.61 Å². The Balaban J connectivity index is 2.37. The van der Waals surface area contributed by atoms with E-state index in [9.17, 15) is 0 Å². The van der Waals surface area contributed by atoms with Gasteiger partial charge in [-0.1, -0.05) is 6.07 Å². The Morgan fingerprint density at radius 3 is 2.85 bits per heavy atom. The van der Waals surface area contributed by atoms with Crippen LogP contribution in [0.15, 0.2) is 17.5 Å². The van der Waals surface area contributed by atoms with Gasteiger partial charge in [-0.15, -0.1) is 11.3 Å². The first kappa shape index (κ1) is 10.7. The second-order valence-corrected chi connectivity index (χ2v) is 4.30. The minimum Gasteiger partial charge on any atom is -0.396 e. The summed E-state index contributed by atoms with van der Waals surface area (Å²) in [5.74, 6) is 0. The number of rotatable bonds is 5. The van der Waals surface area contributed by atoms with Crippen molar-refractivity contribution in [1.29, 1.82) is 0 Å². The smallest absolute Gasteiger partial charge is 0.0445 e. The Kier molecular flexibility index (Phi) is 4.42. The van der Waals surface area contributed by atoms with Crippen LogP contribution in [0.1, 0.15) is 31.2 Å². The fraction of sp³-hybridized carbons (Fsp3) is 0.600. The molecule has 13 heavy (non-hydrogen) atoms. The van der Waals surface area contributed by atoms with E-state index in [0.29, 0.717) is 12.1 Å². The second kappa shape index (κ2) is 5.37. The molecule has 0 bridgehead atoms. The van der Waals surface area contributed by atoms with Crippen LogP contribution in [0.4, 0.5) is 0 Å². The van der Waals surface area contributed by atoms with Gasteiger partial charge in [0, 0.05) is 23.6 Å². The molecule has 3 heteroatoms. The zero-order valence-electron chi connectivity index (χ0n) is 8.16. The molecule has 0 amide bonds. The average Bonchev–Trinajstić information content (AvgIpc) is 2.55. The molecule has 0 radical (unpaired) electrons. The predicted octanol–water partition coefficient (Wildman–Crippen LogP) is 2.17. The van der Waals surface area contributed by atoms with E-state index >= 15 is 0 Å². The molecular formula is C10H17NOS. The first-order valence-electron chi connectivity index (χ1n) is 4.64. The molecule has 1 heterocycles. The third-order valence-corrected chi connectivity index (χ3v) is 3.12. The Labute approximate surface area is 83.6 Å². The van der Waals surface area contributed by atoms with E-state index in [1.165, 1.54) is 4.88 Å². The van der Waals surface area contributed by atoms with Crippen molar-refractivity contribution in [2.24, 2.45) is 0 Å². The normalized spacial score (nSPS) is 15.6. The number of aliphatic hydroxyl groups excluding tert-OH is 1. The maximum absolute atomic E-state index is 8.74. The van der Waals surface area contributed by atoms with E-state index in [4.69, 9.17) is 5.11 Å². The topological polar surface area (TPSA) is 32.3 Å². The summed E-state index contributed by atoms with van der Waals surface area (Å²) in [7, 11) is 0. The molecule has 0 aliphatic rings.